The van der Waals surface area contributed by atoms with E-state index in [9.17, 15) is 9.18 Å². The van der Waals surface area contributed by atoms with Crippen LogP contribution in [0.3, 0.4) is 0 Å². The molecule has 0 radical (unpaired) electrons. The largest absolute Gasteiger partial charge is 0.494 e. The second-order valence-electron chi connectivity index (χ2n) is 5.54. The molecule has 4 nitrogen and oxygen atoms in total. The summed E-state index contributed by atoms with van der Waals surface area (Å²) in [6.45, 7) is 3.61. The first-order valence-electron chi connectivity index (χ1n) is 8.03. The van der Waals surface area contributed by atoms with Crippen LogP contribution in [0.4, 0.5) is 9.18 Å². The molecular weight excluding hydrogens is 307 g/mol. The molecule has 0 atom stereocenters. The molecule has 0 fully saturated rings. The van der Waals surface area contributed by atoms with Crippen LogP contribution in [-0.2, 0) is 13.0 Å². The maximum Gasteiger partial charge on any atom is 0.317 e. The van der Waals surface area contributed by atoms with Gasteiger partial charge in [-0.2, -0.15) is 0 Å². The second-order valence-corrected chi connectivity index (χ2v) is 5.54. The number of carbonyl (C=O) groups excluding carboxylic acids is 1. The van der Waals surface area contributed by atoms with Crippen molar-refractivity contribution in [1.29, 1.82) is 0 Å². The molecule has 0 aromatic heterocycles. The highest BCUT2D eigenvalue weighted by Crippen LogP contribution is 2.13. The highest BCUT2D eigenvalue weighted by Gasteiger charge is 2.08. The van der Waals surface area contributed by atoms with Crippen molar-refractivity contribution < 1.29 is 13.9 Å². The highest BCUT2D eigenvalue weighted by molar-refractivity contribution is 5.73. The summed E-state index contributed by atoms with van der Waals surface area (Å²) < 4.78 is 18.2. The summed E-state index contributed by atoms with van der Waals surface area (Å²) in [6.07, 6.45) is 0.670. The molecule has 2 rings (SSSR count). The van der Waals surface area contributed by atoms with E-state index in [2.05, 4.69) is 5.32 Å². The molecule has 2 aromatic rings. The Balaban J connectivity index is 1.76. The second kappa shape index (κ2) is 8.91. The van der Waals surface area contributed by atoms with Crippen LogP contribution in [0.15, 0.2) is 48.5 Å². The Labute approximate surface area is 142 Å². The number of ether oxygens (including phenoxy) is 1. The summed E-state index contributed by atoms with van der Waals surface area (Å²) in [5.74, 6) is 0.575. The maximum absolute atomic E-state index is 12.8. The minimum atomic E-state index is -0.252. The van der Waals surface area contributed by atoms with Crippen molar-refractivity contribution in [1.82, 2.24) is 10.2 Å². The van der Waals surface area contributed by atoms with Gasteiger partial charge in [0, 0.05) is 20.1 Å². The molecule has 128 valence electrons. The summed E-state index contributed by atoms with van der Waals surface area (Å²) in [4.78, 5) is 13.7. The van der Waals surface area contributed by atoms with Gasteiger partial charge in [0.15, 0.2) is 0 Å². The predicted molar refractivity (Wildman–Crippen MR) is 92.6 cm³/mol. The molecule has 1 N–H and O–H groups in total. The van der Waals surface area contributed by atoms with Gasteiger partial charge in [0.25, 0.3) is 0 Å². The lowest BCUT2D eigenvalue weighted by Gasteiger charge is -2.18. The van der Waals surface area contributed by atoms with E-state index in [1.807, 2.05) is 31.2 Å². The van der Waals surface area contributed by atoms with E-state index in [0.717, 1.165) is 16.9 Å². The lowest BCUT2D eigenvalue weighted by molar-refractivity contribution is 0.207. The van der Waals surface area contributed by atoms with Crippen LogP contribution in [0.1, 0.15) is 18.1 Å². The predicted octanol–water partition coefficient (Wildman–Crippen LogP) is 3.61. The third-order valence-corrected chi connectivity index (χ3v) is 3.60. The topological polar surface area (TPSA) is 41.6 Å². The number of amides is 2. The average molecular weight is 330 g/mol. The normalized spacial score (nSPS) is 10.3. The van der Waals surface area contributed by atoms with E-state index < -0.39 is 0 Å². The Kier molecular flexibility index (Phi) is 6.61. The van der Waals surface area contributed by atoms with Gasteiger partial charge < -0.3 is 15.0 Å². The summed E-state index contributed by atoms with van der Waals surface area (Å²) in [5.41, 5.74) is 2.03. The number of hydrogen-bond donors (Lipinski definition) is 1. The number of hydrogen-bond acceptors (Lipinski definition) is 2. The van der Waals surface area contributed by atoms with Gasteiger partial charge in [-0.3, -0.25) is 0 Å². The van der Waals surface area contributed by atoms with E-state index in [1.54, 1.807) is 24.1 Å². The van der Waals surface area contributed by atoms with Crippen LogP contribution in [0.2, 0.25) is 0 Å². The number of halogens is 1. The van der Waals surface area contributed by atoms with E-state index in [0.29, 0.717) is 26.1 Å². The van der Waals surface area contributed by atoms with Crippen LogP contribution in [0.5, 0.6) is 5.75 Å². The molecule has 0 spiro atoms. The molecule has 0 saturated carbocycles. The molecule has 0 aliphatic carbocycles. The molecule has 0 heterocycles. The van der Waals surface area contributed by atoms with Crippen molar-refractivity contribution in [3.63, 3.8) is 0 Å². The zero-order valence-corrected chi connectivity index (χ0v) is 14.1. The zero-order valence-electron chi connectivity index (χ0n) is 14.1. The Bertz CT molecular complexity index is 641. The van der Waals surface area contributed by atoms with Gasteiger partial charge in [-0.05, 0) is 48.7 Å². The van der Waals surface area contributed by atoms with Gasteiger partial charge in [0.1, 0.15) is 11.6 Å². The lowest BCUT2D eigenvalue weighted by Crippen LogP contribution is -2.37. The van der Waals surface area contributed by atoms with Crippen LogP contribution < -0.4 is 10.1 Å². The van der Waals surface area contributed by atoms with E-state index in [-0.39, 0.29) is 11.8 Å². The number of carbonyl (C=O) groups is 1. The molecule has 0 aliphatic rings. The third-order valence-electron chi connectivity index (χ3n) is 3.60. The lowest BCUT2D eigenvalue weighted by atomic mass is 10.1. The summed E-state index contributed by atoms with van der Waals surface area (Å²) in [5, 5.41) is 2.87. The highest BCUT2D eigenvalue weighted by atomic mass is 19.1. The molecule has 2 amide bonds. The molecule has 0 unspecified atom stereocenters. The zero-order chi connectivity index (χ0) is 17.4. The van der Waals surface area contributed by atoms with Gasteiger partial charge in [0.2, 0.25) is 0 Å². The van der Waals surface area contributed by atoms with Crippen molar-refractivity contribution in [3.8, 4) is 5.75 Å². The molecular formula is C19H23FN2O2. The Hall–Kier alpha value is -2.56. The van der Waals surface area contributed by atoms with Crippen LogP contribution >= 0.6 is 0 Å². The van der Waals surface area contributed by atoms with Crippen molar-refractivity contribution >= 4 is 6.03 Å². The first-order chi connectivity index (χ1) is 11.6. The molecule has 0 saturated heterocycles. The van der Waals surface area contributed by atoms with Gasteiger partial charge in [-0.15, -0.1) is 0 Å². The quantitative estimate of drug-likeness (QED) is 0.842. The fourth-order valence-corrected chi connectivity index (χ4v) is 2.30. The van der Waals surface area contributed by atoms with Gasteiger partial charge in [-0.25, -0.2) is 9.18 Å². The van der Waals surface area contributed by atoms with Crippen molar-refractivity contribution in [2.75, 3.05) is 20.2 Å². The van der Waals surface area contributed by atoms with Crippen molar-refractivity contribution in [2.24, 2.45) is 0 Å². The van der Waals surface area contributed by atoms with Crippen molar-refractivity contribution in [2.45, 2.75) is 19.9 Å². The Morgan fingerprint density at radius 3 is 2.33 bits per heavy atom. The first-order valence-corrected chi connectivity index (χ1v) is 8.03. The number of urea groups is 1. The maximum atomic E-state index is 12.8. The Morgan fingerprint density at radius 1 is 1.08 bits per heavy atom. The minimum Gasteiger partial charge on any atom is -0.494 e. The fraction of sp³-hybridized carbons (Fsp3) is 0.316. The third kappa shape index (κ3) is 5.57. The molecule has 24 heavy (non-hydrogen) atoms. The van der Waals surface area contributed by atoms with E-state index in [1.165, 1.54) is 12.1 Å². The average Bonchev–Trinajstić information content (AvgIpc) is 2.58. The van der Waals surface area contributed by atoms with Crippen LogP contribution in [-0.4, -0.2) is 31.1 Å². The van der Waals surface area contributed by atoms with Gasteiger partial charge in [0.05, 0.1) is 6.61 Å². The monoisotopic (exact) mass is 330 g/mol. The number of benzene rings is 2. The molecule has 2 aromatic carbocycles. The van der Waals surface area contributed by atoms with Gasteiger partial charge in [-0.1, -0.05) is 24.3 Å². The molecule has 0 aliphatic heterocycles. The molecule has 5 heteroatoms. The summed E-state index contributed by atoms with van der Waals surface area (Å²) in [7, 11) is 1.75. The van der Waals surface area contributed by atoms with Gasteiger partial charge >= 0.3 is 6.03 Å². The summed E-state index contributed by atoms with van der Waals surface area (Å²) >= 11 is 0. The number of nitrogens with one attached hydrogen (secondary N) is 1. The fourth-order valence-electron chi connectivity index (χ4n) is 2.30. The van der Waals surface area contributed by atoms with Crippen LogP contribution in [0.25, 0.3) is 0 Å². The standard InChI is InChI=1S/C19H23FN2O2/c1-3-24-18-10-6-16(7-11-18)14-22(2)19(23)21-13-12-15-4-8-17(20)9-5-15/h4-11H,3,12-14H2,1-2H3,(H,21,23). The van der Waals surface area contributed by atoms with E-state index >= 15 is 0 Å². The van der Waals surface area contributed by atoms with Crippen LogP contribution in [0, 0.1) is 5.82 Å². The Morgan fingerprint density at radius 2 is 1.71 bits per heavy atom. The smallest absolute Gasteiger partial charge is 0.317 e. The number of nitrogens with zero attached hydrogens (tertiary/aromatic N) is 1. The summed E-state index contributed by atoms with van der Waals surface area (Å²) in [6, 6.07) is 13.9. The van der Waals surface area contributed by atoms with Crippen molar-refractivity contribution in [3.05, 3.63) is 65.5 Å². The molecule has 0 bridgehead atoms. The van der Waals surface area contributed by atoms with E-state index in [4.69, 9.17) is 4.74 Å². The number of rotatable bonds is 7. The minimum absolute atomic E-state index is 0.133. The SMILES string of the molecule is CCOc1ccc(CN(C)C(=O)NCCc2ccc(F)cc2)cc1. The first kappa shape index (κ1) is 17.8.